The van der Waals surface area contributed by atoms with Crippen LogP contribution in [0.25, 0.3) is 0 Å². The van der Waals surface area contributed by atoms with Crippen LogP contribution in [-0.2, 0) is 16.0 Å². The Bertz CT molecular complexity index is 706. The van der Waals surface area contributed by atoms with Crippen molar-refractivity contribution in [2.24, 2.45) is 5.41 Å². The van der Waals surface area contributed by atoms with Gasteiger partial charge in [0.15, 0.2) is 0 Å². The van der Waals surface area contributed by atoms with Gasteiger partial charge in [-0.25, -0.2) is 4.79 Å². The predicted molar refractivity (Wildman–Crippen MR) is 114 cm³/mol. The Hall–Kier alpha value is -1.92. The molecule has 0 saturated carbocycles. The van der Waals surface area contributed by atoms with Crippen LogP contribution in [0.4, 0.5) is 4.79 Å². The molecule has 0 aliphatic carbocycles. The van der Waals surface area contributed by atoms with Crippen LogP contribution in [0.3, 0.4) is 0 Å². The number of carbonyl (C=O) groups is 2. The van der Waals surface area contributed by atoms with Crippen molar-refractivity contribution in [3.05, 3.63) is 35.9 Å². The van der Waals surface area contributed by atoms with E-state index in [1.807, 2.05) is 30.3 Å². The summed E-state index contributed by atoms with van der Waals surface area (Å²) in [5.41, 5.74) is 0.649. The average molecular weight is 402 g/mol. The van der Waals surface area contributed by atoms with Crippen molar-refractivity contribution in [1.29, 1.82) is 0 Å². The van der Waals surface area contributed by atoms with Crippen molar-refractivity contribution < 1.29 is 14.3 Å². The van der Waals surface area contributed by atoms with E-state index in [9.17, 15) is 9.59 Å². The van der Waals surface area contributed by atoms with Gasteiger partial charge >= 0.3 is 6.03 Å². The third-order valence-corrected chi connectivity index (χ3v) is 5.99. The molecule has 3 rings (SSSR count). The predicted octanol–water partition coefficient (Wildman–Crippen LogP) is 3.02. The van der Waals surface area contributed by atoms with Gasteiger partial charge in [0, 0.05) is 39.8 Å². The van der Waals surface area contributed by atoms with Crippen molar-refractivity contribution in [1.82, 2.24) is 14.7 Å². The molecule has 160 valence electrons. The molecule has 0 aromatic heterocycles. The number of benzene rings is 1. The highest BCUT2D eigenvalue weighted by molar-refractivity contribution is 6.07. The summed E-state index contributed by atoms with van der Waals surface area (Å²) in [7, 11) is 1.63. The highest BCUT2D eigenvalue weighted by Gasteiger charge is 2.57. The number of hydrogen-bond acceptors (Lipinski definition) is 4. The first-order valence-electron chi connectivity index (χ1n) is 10.7. The quantitative estimate of drug-likeness (QED) is 0.659. The summed E-state index contributed by atoms with van der Waals surface area (Å²) in [6, 6.07) is 9.86. The fourth-order valence-corrected chi connectivity index (χ4v) is 4.59. The Morgan fingerprint density at radius 3 is 2.28 bits per heavy atom. The van der Waals surface area contributed by atoms with Crippen LogP contribution in [0.5, 0.6) is 0 Å². The number of urea groups is 1. The molecule has 3 amide bonds. The van der Waals surface area contributed by atoms with E-state index < -0.39 is 5.54 Å². The lowest BCUT2D eigenvalue weighted by molar-refractivity contribution is -0.136. The van der Waals surface area contributed by atoms with Gasteiger partial charge < -0.3 is 14.5 Å². The second-order valence-corrected chi connectivity index (χ2v) is 9.49. The Morgan fingerprint density at radius 1 is 1.03 bits per heavy atom. The van der Waals surface area contributed by atoms with Crippen molar-refractivity contribution >= 4 is 11.9 Å². The molecule has 2 saturated heterocycles. The van der Waals surface area contributed by atoms with Gasteiger partial charge in [0.2, 0.25) is 0 Å². The van der Waals surface area contributed by atoms with Crippen LogP contribution < -0.4 is 0 Å². The fraction of sp³-hybridized carbons (Fsp3) is 0.652. The minimum atomic E-state index is -0.708. The zero-order valence-corrected chi connectivity index (χ0v) is 18.3. The summed E-state index contributed by atoms with van der Waals surface area (Å²) in [5, 5.41) is 0. The molecular formula is C23H35N3O3. The third kappa shape index (κ3) is 4.81. The highest BCUT2D eigenvalue weighted by atomic mass is 16.5. The summed E-state index contributed by atoms with van der Waals surface area (Å²) in [4.78, 5) is 32.4. The first-order valence-corrected chi connectivity index (χ1v) is 10.7. The lowest BCUT2D eigenvalue weighted by Gasteiger charge is -2.43. The van der Waals surface area contributed by atoms with E-state index in [2.05, 4.69) is 25.7 Å². The molecule has 2 heterocycles. The second-order valence-electron chi connectivity index (χ2n) is 9.49. The Balaban J connectivity index is 1.74. The molecule has 2 aliphatic heterocycles. The number of nitrogens with zero attached hydrogens (tertiary/aromatic N) is 3. The second kappa shape index (κ2) is 8.84. The maximum absolute atomic E-state index is 13.5. The van der Waals surface area contributed by atoms with E-state index >= 15 is 0 Å². The SMILES string of the molecule is COCCN1C(=O)N(CCc2ccccc2)C(=O)C12CCN(CC(C)(C)C)CC2. The summed E-state index contributed by atoms with van der Waals surface area (Å²) in [5.74, 6) is -0.0232. The number of carbonyl (C=O) groups excluding carboxylic acids is 2. The number of amides is 3. The largest absolute Gasteiger partial charge is 0.383 e. The van der Waals surface area contributed by atoms with Crippen LogP contribution in [0, 0.1) is 5.41 Å². The number of hydrogen-bond donors (Lipinski definition) is 0. The molecule has 1 aromatic rings. The van der Waals surface area contributed by atoms with Gasteiger partial charge in [-0.2, -0.15) is 0 Å². The number of piperidine rings is 1. The molecule has 6 nitrogen and oxygen atoms in total. The van der Waals surface area contributed by atoms with E-state index in [0.717, 1.165) is 25.2 Å². The molecule has 2 aliphatic rings. The first-order chi connectivity index (χ1) is 13.8. The third-order valence-electron chi connectivity index (χ3n) is 5.99. The minimum Gasteiger partial charge on any atom is -0.383 e. The molecule has 0 atom stereocenters. The number of rotatable bonds is 7. The molecule has 29 heavy (non-hydrogen) atoms. The maximum atomic E-state index is 13.5. The fourth-order valence-electron chi connectivity index (χ4n) is 4.59. The lowest BCUT2D eigenvalue weighted by atomic mass is 9.84. The Labute approximate surface area is 174 Å². The van der Waals surface area contributed by atoms with Crippen LogP contribution in [0.2, 0.25) is 0 Å². The summed E-state index contributed by atoms with van der Waals surface area (Å²) < 4.78 is 5.24. The molecule has 0 bridgehead atoms. The van der Waals surface area contributed by atoms with Crippen LogP contribution in [0.1, 0.15) is 39.2 Å². The van der Waals surface area contributed by atoms with Gasteiger partial charge in [-0.05, 0) is 30.2 Å². The molecule has 0 radical (unpaired) electrons. The maximum Gasteiger partial charge on any atom is 0.327 e. The van der Waals surface area contributed by atoms with Crippen molar-refractivity contribution in [2.75, 3.05) is 46.4 Å². The minimum absolute atomic E-state index is 0.0232. The zero-order valence-electron chi connectivity index (χ0n) is 18.3. The number of imide groups is 1. The van der Waals surface area contributed by atoms with Gasteiger partial charge in [-0.15, -0.1) is 0 Å². The van der Waals surface area contributed by atoms with Gasteiger partial charge in [0.1, 0.15) is 5.54 Å². The normalized spacial score (nSPS) is 20.1. The number of ether oxygens (including phenoxy) is 1. The number of methoxy groups -OCH3 is 1. The summed E-state index contributed by atoms with van der Waals surface area (Å²) in [6.07, 6.45) is 2.07. The molecule has 6 heteroatoms. The molecule has 0 N–H and O–H groups in total. The highest BCUT2D eigenvalue weighted by Crippen LogP contribution is 2.37. The lowest BCUT2D eigenvalue weighted by Crippen LogP contribution is -2.57. The topological polar surface area (TPSA) is 53.1 Å². The van der Waals surface area contributed by atoms with E-state index in [-0.39, 0.29) is 17.4 Å². The zero-order chi connectivity index (χ0) is 21.1. The van der Waals surface area contributed by atoms with Gasteiger partial charge in [0.05, 0.1) is 6.61 Å². The van der Waals surface area contributed by atoms with E-state index in [0.29, 0.717) is 39.0 Å². The molecule has 1 spiro atoms. The van der Waals surface area contributed by atoms with Crippen LogP contribution in [-0.4, -0.2) is 78.6 Å². The monoisotopic (exact) mass is 401 g/mol. The van der Waals surface area contributed by atoms with Crippen LogP contribution in [0.15, 0.2) is 30.3 Å². The van der Waals surface area contributed by atoms with E-state index in [1.54, 1.807) is 12.0 Å². The van der Waals surface area contributed by atoms with Crippen molar-refractivity contribution in [3.8, 4) is 0 Å². The van der Waals surface area contributed by atoms with Gasteiger partial charge in [-0.1, -0.05) is 51.1 Å². The smallest absolute Gasteiger partial charge is 0.327 e. The van der Waals surface area contributed by atoms with Crippen molar-refractivity contribution in [3.63, 3.8) is 0 Å². The molecule has 0 unspecified atom stereocenters. The molecule has 1 aromatic carbocycles. The Kier molecular flexibility index (Phi) is 6.64. The average Bonchev–Trinajstić information content (AvgIpc) is 2.87. The van der Waals surface area contributed by atoms with Crippen molar-refractivity contribution in [2.45, 2.75) is 45.6 Å². The summed E-state index contributed by atoms with van der Waals surface area (Å²) >= 11 is 0. The Morgan fingerprint density at radius 2 is 1.69 bits per heavy atom. The van der Waals surface area contributed by atoms with Gasteiger partial charge in [-0.3, -0.25) is 9.69 Å². The summed E-state index contributed by atoms with van der Waals surface area (Å²) in [6.45, 7) is 10.7. The van der Waals surface area contributed by atoms with Gasteiger partial charge in [0.25, 0.3) is 5.91 Å². The molecular weight excluding hydrogens is 366 g/mol. The first kappa shape index (κ1) is 21.8. The van der Waals surface area contributed by atoms with E-state index in [1.165, 1.54) is 4.90 Å². The number of likely N-dealkylation sites (tertiary alicyclic amines) is 1. The van der Waals surface area contributed by atoms with Crippen LogP contribution >= 0.6 is 0 Å². The standard InChI is InChI=1S/C23H35N3O3/c1-22(2,3)18-24-14-11-23(12-15-24)20(27)25(21(28)26(23)16-17-29-4)13-10-19-8-6-5-7-9-19/h5-9H,10-18H2,1-4H3. The van der Waals surface area contributed by atoms with E-state index in [4.69, 9.17) is 4.74 Å². The molecule has 2 fully saturated rings.